The van der Waals surface area contributed by atoms with Crippen LogP contribution in [0.4, 0.5) is 5.69 Å². The van der Waals surface area contributed by atoms with Crippen LogP contribution in [0.2, 0.25) is 0 Å². The van der Waals surface area contributed by atoms with Gasteiger partial charge >= 0.3 is 0 Å². The molecule has 21 heavy (non-hydrogen) atoms. The molecule has 1 atom stereocenters. The SMILES string of the molecule is CCn1cc(N2CCCNC(C)(c3ccccc3)C2)cn1. The lowest BCUT2D eigenvalue weighted by Gasteiger charge is -2.34. The van der Waals surface area contributed by atoms with E-state index in [4.69, 9.17) is 0 Å². The van der Waals surface area contributed by atoms with Crippen LogP contribution in [0.3, 0.4) is 0 Å². The Morgan fingerprint density at radius 3 is 2.81 bits per heavy atom. The van der Waals surface area contributed by atoms with E-state index < -0.39 is 0 Å². The minimum absolute atomic E-state index is 0.0218. The second-order valence-corrected chi connectivity index (χ2v) is 5.95. The summed E-state index contributed by atoms with van der Waals surface area (Å²) < 4.78 is 1.99. The second-order valence-electron chi connectivity index (χ2n) is 5.95. The fourth-order valence-corrected chi connectivity index (χ4v) is 3.06. The third-order valence-electron chi connectivity index (χ3n) is 4.35. The number of aryl methyl sites for hydroxylation is 1. The summed E-state index contributed by atoms with van der Waals surface area (Å²) in [7, 11) is 0. The number of nitrogens with zero attached hydrogens (tertiary/aromatic N) is 3. The molecule has 3 rings (SSSR count). The first kappa shape index (κ1) is 14.1. The summed E-state index contributed by atoms with van der Waals surface area (Å²) in [6.07, 6.45) is 5.29. The first-order valence-electron chi connectivity index (χ1n) is 7.79. The lowest BCUT2D eigenvalue weighted by atomic mass is 9.91. The average Bonchev–Trinajstić information content (AvgIpc) is 2.91. The first-order valence-corrected chi connectivity index (χ1v) is 7.79. The van der Waals surface area contributed by atoms with Gasteiger partial charge in [-0.15, -0.1) is 0 Å². The van der Waals surface area contributed by atoms with Gasteiger partial charge in [0.2, 0.25) is 0 Å². The minimum atomic E-state index is -0.0218. The van der Waals surface area contributed by atoms with Crippen LogP contribution >= 0.6 is 0 Å². The molecule has 0 amide bonds. The highest BCUT2D eigenvalue weighted by molar-refractivity contribution is 5.44. The van der Waals surface area contributed by atoms with Crippen molar-refractivity contribution < 1.29 is 0 Å². The molecule has 4 nitrogen and oxygen atoms in total. The van der Waals surface area contributed by atoms with Gasteiger partial charge < -0.3 is 10.2 Å². The van der Waals surface area contributed by atoms with E-state index in [1.165, 1.54) is 11.3 Å². The van der Waals surface area contributed by atoms with Crippen molar-refractivity contribution in [3.8, 4) is 0 Å². The Bertz CT molecular complexity index is 577. The van der Waals surface area contributed by atoms with Gasteiger partial charge in [0.05, 0.1) is 17.4 Å². The highest BCUT2D eigenvalue weighted by Gasteiger charge is 2.31. The van der Waals surface area contributed by atoms with Gasteiger partial charge in [-0.25, -0.2) is 0 Å². The zero-order valence-corrected chi connectivity index (χ0v) is 12.9. The Labute approximate surface area is 126 Å². The predicted molar refractivity (Wildman–Crippen MR) is 86.5 cm³/mol. The molecule has 112 valence electrons. The molecule has 1 aromatic carbocycles. The van der Waals surface area contributed by atoms with E-state index in [9.17, 15) is 0 Å². The normalized spacial score (nSPS) is 23.0. The maximum atomic E-state index is 4.42. The highest BCUT2D eigenvalue weighted by atomic mass is 15.3. The molecule has 1 aliphatic heterocycles. The zero-order valence-electron chi connectivity index (χ0n) is 12.9. The van der Waals surface area contributed by atoms with E-state index in [0.717, 1.165) is 32.6 Å². The van der Waals surface area contributed by atoms with Gasteiger partial charge in [0.1, 0.15) is 0 Å². The van der Waals surface area contributed by atoms with Crippen LogP contribution in [-0.2, 0) is 12.1 Å². The van der Waals surface area contributed by atoms with E-state index in [1.807, 2.05) is 10.9 Å². The molecule has 1 unspecified atom stereocenters. The molecular formula is C17H24N4. The number of benzene rings is 1. The lowest BCUT2D eigenvalue weighted by molar-refractivity contribution is 0.392. The Morgan fingerprint density at radius 2 is 2.10 bits per heavy atom. The van der Waals surface area contributed by atoms with E-state index in [2.05, 4.69) is 65.7 Å². The topological polar surface area (TPSA) is 33.1 Å². The van der Waals surface area contributed by atoms with Crippen molar-refractivity contribution in [2.75, 3.05) is 24.5 Å². The van der Waals surface area contributed by atoms with E-state index in [0.29, 0.717) is 0 Å². The summed E-state index contributed by atoms with van der Waals surface area (Å²) in [4.78, 5) is 2.45. The van der Waals surface area contributed by atoms with Gasteiger partial charge in [-0.1, -0.05) is 30.3 Å². The molecule has 1 N–H and O–H groups in total. The maximum Gasteiger partial charge on any atom is 0.0753 e. The number of anilines is 1. The van der Waals surface area contributed by atoms with E-state index in [-0.39, 0.29) is 5.54 Å². The maximum absolute atomic E-state index is 4.42. The molecule has 0 aliphatic carbocycles. The second kappa shape index (κ2) is 5.90. The number of hydrogen-bond acceptors (Lipinski definition) is 3. The van der Waals surface area contributed by atoms with Gasteiger partial charge in [0.25, 0.3) is 0 Å². The monoisotopic (exact) mass is 284 g/mol. The van der Waals surface area contributed by atoms with Crippen molar-refractivity contribution >= 4 is 5.69 Å². The van der Waals surface area contributed by atoms with Gasteiger partial charge in [-0.3, -0.25) is 4.68 Å². The van der Waals surface area contributed by atoms with Gasteiger partial charge in [-0.2, -0.15) is 5.10 Å². The standard InChI is InChI=1S/C17H24N4/c1-3-21-13-16(12-19-21)20-11-7-10-18-17(2,14-20)15-8-5-4-6-9-15/h4-6,8-9,12-13,18H,3,7,10-11,14H2,1-2H3. The lowest BCUT2D eigenvalue weighted by Crippen LogP contribution is -2.46. The molecule has 4 heteroatoms. The first-order chi connectivity index (χ1) is 10.2. The van der Waals surface area contributed by atoms with Crippen LogP contribution in [0.25, 0.3) is 0 Å². The summed E-state index contributed by atoms with van der Waals surface area (Å²) in [6, 6.07) is 10.7. The number of nitrogens with one attached hydrogen (secondary N) is 1. The van der Waals surface area contributed by atoms with Crippen molar-refractivity contribution in [1.29, 1.82) is 0 Å². The van der Waals surface area contributed by atoms with Crippen molar-refractivity contribution in [1.82, 2.24) is 15.1 Å². The molecule has 1 aromatic heterocycles. The summed E-state index contributed by atoms with van der Waals surface area (Å²) in [5.41, 5.74) is 2.55. The van der Waals surface area contributed by atoms with Crippen LogP contribution in [0.15, 0.2) is 42.7 Å². The molecule has 1 saturated heterocycles. The van der Waals surface area contributed by atoms with Crippen LogP contribution in [0.5, 0.6) is 0 Å². The minimum Gasteiger partial charge on any atom is -0.367 e. The van der Waals surface area contributed by atoms with Crippen LogP contribution in [0.1, 0.15) is 25.8 Å². The average molecular weight is 284 g/mol. The van der Waals surface area contributed by atoms with Gasteiger partial charge in [0, 0.05) is 25.8 Å². The fraction of sp³-hybridized carbons (Fsp3) is 0.471. The third kappa shape index (κ3) is 2.95. The number of hydrogen-bond donors (Lipinski definition) is 1. The third-order valence-corrected chi connectivity index (χ3v) is 4.35. The Balaban J connectivity index is 1.86. The quantitative estimate of drug-likeness (QED) is 0.940. The van der Waals surface area contributed by atoms with Crippen molar-refractivity contribution in [2.45, 2.75) is 32.4 Å². The molecular weight excluding hydrogens is 260 g/mol. The Kier molecular flexibility index (Phi) is 3.97. The molecule has 1 fully saturated rings. The fourth-order valence-electron chi connectivity index (χ4n) is 3.06. The highest BCUT2D eigenvalue weighted by Crippen LogP contribution is 2.27. The smallest absolute Gasteiger partial charge is 0.0753 e. The van der Waals surface area contributed by atoms with Crippen molar-refractivity contribution in [3.05, 3.63) is 48.3 Å². The Morgan fingerprint density at radius 1 is 1.29 bits per heavy atom. The van der Waals surface area contributed by atoms with Crippen LogP contribution < -0.4 is 10.2 Å². The molecule has 0 spiro atoms. The zero-order chi connectivity index (χ0) is 14.7. The summed E-state index contributed by atoms with van der Waals surface area (Å²) in [5.74, 6) is 0. The molecule has 2 heterocycles. The largest absolute Gasteiger partial charge is 0.367 e. The molecule has 1 aliphatic rings. The molecule has 2 aromatic rings. The van der Waals surface area contributed by atoms with Gasteiger partial charge in [-0.05, 0) is 32.4 Å². The van der Waals surface area contributed by atoms with Crippen LogP contribution in [-0.4, -0.2) is 29.4 Å². The van der Waals surface area contributed by atoms with Crippen molar-refractivity contribution in [2.24, 2.45) is 0 Å². The van der Waals surface area contributed by atoms with Crippen molar-refractivity contribution in [3.63, 3.8) is 0 Å². The molecule has 0 bridgehead atoms. The Hall–Kier alpha value is -1.81. The predicted octanol–water partition coefficient (Wildman–Crippen LogP) is 2.62. The summed E-state index contributed by atoms with van der Waals surface area (Å²) in [5, 5.41) is 8.14. The van der Waals surface area contributed by atoms with Crippen LogP contribution in [0, 0.1) is 0 Å². The molecule has 0 saturated carbocycles. The van der Waals surface area contributed by atoms with E-state index in [1.54, 1.807) is 0 Å². The van der Waals surface area contributed by atoms with Gasteiger partial charge in [0.15, 0.2) is 0 Å². The number of rotatable bonds is 3. The number of aromatic nitrogens is 2. The summed E-state index contributed by atoms with van der Waals surface area (Å²) in [6.45, 7) is 8.42. The van der Waals surface area contributed by atoms with E-state index >= 15 is 0 Å². The summed E-state index contributed by atoms with van der Waals surface area (Å²) >= 11 is 0. The molecule has 0 radical (unpaired) electrons.